The molecule has 5 heteroatoms. The van der Waals surface area contributed by atoms with Crippen molar-refractivity contribution in [2.45, 2.75) is 52.1 Å². The fourth-order valence-corrected chi connectivity index (χ4v) is 4.44. The Labute approximate surface area is 162 Å². The molecule has 1 aliphatic carbocycles. The molecule has 0 N–H and O–H groups in total. The van der Waals surface area contributed by atoms with Gasteiger partial charge in [0.1, 0.15) is 11.5 Å². The summed E-state index contributed by atoms with van der Waals surface area (Å²) in [5, 5.41) is 0. The monoisotopic (exact) mass is 386 g/mol. The molecular weight excluding hydrogens is 359 g/mol. The summed E-state index contributed by atoms with van der Waals surface area (Å²) < 4.78 is 23.4. The van der Waals surface area contributed by atoms with Gasteiger partial charge in [0.2, 0.25) is 0 Å². The quantitative estimate of drug-likeness (QED) is 0.401. The summed E-state index contributed by atoms with van der Waals surface area (Å²) >= 11 is 0. The first-order valence-electron chi connectivity index (χ1n) is 9.71. The lowest BCUT2D eigenvalue weighted by atomic mass is 9.90. The third-order valence-corrected chi connectivity index (χ3v) is 6.35. The van der Waals surface area contributed by atoms with E-state index >= 15 is 0 Å². The van der Waals surface area contributed by atoms with Crippen molar-refractivity contribution in [3.63, 3.8) is 0 Å². The van der Waals surface area contributed by atoms with Gasteiger partial charge in [-0.2, -0.15) is 0 Å². The Morgan fingerprint density at radius 3 is 2.59 bits per heavy atom. The molecule has 0 radical (unpaired) electrons. The van der Waals surface area contributed by atoms with Crippen LogP contribution in [-0.2, 0) is 15.7 Å². The first-order valence-corrected chi connectivity index (χ1v) is 10.8. The van der Waals surface area contributed by atoms with E-state index in [-0.39, 0.29) is 6.79 Å². The largest absolute Gasteiger partial charge is 0.466 e. The van der Waals surface area contributed by atoms with Crippen LogP contribution in [0, 0.1) is 5.92 Å². The molecule has 2 aliphatic rings. The third-order valence-electron chi connectivity index (χ3n) is 5.35. The number of ether oxygens (including phenoxy) is 1. The van der Waals surface area contributed by atoms with Gasteiger partial charge in [0.05, 0.1) is 6.61 Å². The Morgan fingerprint density at radius 1 is 1.04 bits per heavy atom. The predicted octanol–water partition coefficient (Wildman–Crippen LogP) is 6.51. The minimum atomic E-state index is -1.43. The molecule has 2 aromatic carbocycles. The Kier molecular flexibility index (Phi) is 5.68. The van der Waals surface area contributed by atoms with Gasteiger partial charge in [-0.3, -0.25) is 9.05 Å². The first-order chi connectivity index (χ1) is 13.1. The second-order valence-electron chi connectivity index (χ2n) is 7.63. The van der Waals surface area contributed by atoms with Crippen LogP contribution in [0.15, 0.2) is 42.5 Å². The number of benzene rings is 2. The number of para-hydroxylation sites is 2. The highest BCUT2D eigenvalue weighted by molar-refractivity contribution is 7.42. The molecule has 0 aromatic heterocycles. The highest BCUT2D eigenvalue weighted by Gasteiger charge is 2.31. The molecule has 27 heavy (non-hydrogen) atoms. The number of rotatable bonds is 7. The van der Waals surface area contributed by atoms with Crippen molar-refractivity contribution in [1.29, 1.82) is 0 Å². The Balaban J connectivity index is 1.43. The maximum Gasteiger partial charge on any atom is 0.400 e. The zero-order valence-electron chi connectivity index (χ0n) is 16.2. The molecule has 4 nitrogen and oxygen atoms in total. The molecule has 1 aliphatic heterocycles. The Bertz CT molecular complexity index is 788. The fraction of sp³-hybridized carbons (Fsp3) is 0.455. The first kappa shape index (κ1) is 18.7. The molecular formula is C22H27O4P. The molecule has 0 amide bonds. The lowest BCUT2D eigenvalue weighted by Crippen LogP contribution is -2.11. The van der Waals surface area contributed by atoms with Crippen molar-refractivity contribution < 1.29 is 18.3 Å². The van der Waals surface area contributed by atoms with Crippen molar-refractivity contribution in [2.75, 3.05) is 6.79 Å². The van der Waals surface area contributed by atoms with E-state index in [1.54, 1.807) is 0 Å². The molecule has 4 rings (SSSR count). The van der Waals surface area contributed by atoms with Gasteiger partial charge in [0.25, 0.3) is 0 Å². The second-order valence-corrected chi connectivity index (χ2v) is 8.78. The molecule has 0 bridgehead atoms. The summed E-state index contributed by atoms with van der Waals surface area (Å²) in [4.78, 5) is 0. The van der Waals surface area contributed by atoms with Gasteiger partial charge >= 0.3 is 8.60 Å². The SMILES string of the molecule is CC(C)c1cccc(C(C)C2CC2)c1OCOP1OCc2ccccc2O1. The smallest absolute Gasteiger partial charge is 0.400 e. The van der Waals surface area contributed by atoms with E-state index < -0.39 is 8.60 Å². The molecule has 1 fully saturated rings. The highest BCUT2D eigenvalue weighted by atomic mass is 31.2. The second kappa shape index (κ2) is 8.18. The van der Waals surface area contributed by atoms with Crippen LogP contribution < -0.4 is 9.26 Å². The van der Waals surface area contributed by atoms with E-state index in [1.165, 1.54) is 24.0 Å². The van der Waals surface area contributed by atoms with Crippen LogP contribution in [0.2, 0.25) is 0 Å². The van der Waals surface area contributed by atoms with Crippen LogP contribution >= 0.6 is 8.60 Å². The van der Waals surface area contributed by atoms with Crippen LogP contribution in [0.25, 0.3) is 0 Å². The van der Waals surface area contributed by atoms with Crippen LogP contribution in [0.5, 0.6) is 11.5 Å². The van der Waals surface area contributed by atoms with Gasteiger partial charge in [-0.15, -0.1) is 0 Å². The molecule has 1 heterocycles. The minimum Gasteiger partial charge on any atom is -0.466 e. The zero-order chi connectivity index (χ0) is 18.8. The normalized spacial score (nSPS) is 20.1. The molecule has 1 saturated carbocycles. The fourth-order valence-electron chi connectivity index (χ4n) is 3.54. The Morgan fingerprint density at radius 2 is 1.81 bits per heavy atom. The van der Waals surface area contributed by atoms with Crippen molar-refractivity contribution in [2.24, 2.45) is 5.92 Å². The molecule has 144 valence electrons. The summed E-state index contributed by atoms with van der Waals surface area (Å²) in [6.07, 6.45) is 2.63. The predicted molar refractivity (Wildman–Crippen MR) is 107 cm³/mol. The van der Waals surface area contributed by atoms with Crippen molar-refractivity contribution in [3.05, 3.63) is 59.2 Å². The average molecular weight is 386 g/mol. The number of fused-ring (bicyclic) bond motifs is 1. The van der Waals surface area contributed by atoms with Crippen molar-refractivity contribution in [1.82, 2.24) is 0 Å². The molecule has 0 spiro atoms. The van der Waals surface area contributed by atoms with Crippen molar-refractivity contribution >= 4 is 8.60 Å². The van der Waals surface area contributed by atoms with Gasteiger partial charge in [-0.1, -0.05) is 57.2 Å². The summed E-state index contributed by atoms with van der Waals surface area (Å²) in [5.74, 6) is 3.49. The van der Waals surface area contributed by atoms with E-state index in [9.17, 15) is 0 Å². The molecule has 2 atom stereocenters. The third kappa shape index (κ3) is 4.29. The van der Waals surface area contributed by atoms with E-state index in [2.05, 4.69) is 39.0 Å². The van der Waals surface area contributed by atoms with Crippen LogP contribution in [-0.4, -0.2) is 6.79 Å². The van der Waals surface area contributed by atoms with Gasteiger partial charge in [-0.25, -0.2) is 0 Å². The molecule has 0 saturated heterocycles. The van der Waals surface area contributed by atoms with E-state index in [1.807, 2.05) is 24.3 Å². The maximum atomic E-state index is 6.15. The average Bonchev–Trinajstić information content (AvgIpc) is 3.52. The lowest BCUT2D eigenvalue weighted by Gasteiger charge is -2.25. The van der Waals surface area contributed by atoms with E-state index in [0.717, 1.165) is 23.0 Å². The van der Waals surface area contributed by atoms with Gasteiger partial charge in [0, 0.05) is 5.56 Å². The molecule has 2 unspecified atom stereocenters. The minimum absolute atomic E-state index is 0.127. The maximum absolute atomic E-state index is 6.15. The van der Waals surface area contributed by atoms with Gasteiger partial charge in [-0.05, 0) is 47.8 Å². The van der Waals surface area contributed by atoms with Crippen molar-refractivity contribution in [3.8, 4) is 11.5 Å². The topological polar surface area (TPSA) is 36.9 Å². The molecule has 2 aromatic rings. The van der Waals surface area contributed by atoms with Crippen LogP contribution in [0.4, 0.5) is 0 Å². The van der Waals surface area contributed by atoms with Crippen LogP contribution in [0.1, 0.15) is 62.1 Å². The standard InChI is InChI=1S/C22H27O4P/c1-15(2)19-8-6-9-20(16(3)17-11-12-17)22(19)23-14-25-27-24-13-18-7-4-5-10-21(18)26-27/h4-10,15-17H,11-14H2,1-3H3. The number of hydrogen-bond donors (Lipinski definition) is 0. The Hall–Kier alpha value is -1.61. The summed E-state index contributed by atoms with van der Waals surface area (Å²) in [5.41, 5.74) is 3.56. The summed E-state index contributed by atoms with van der Waals surface area (Å²) in [6, 6.07) is 14.4. The lowest BCUT2D eigenvalue weighted by molar-refractivity contribution is 0.0851. The summed E-state index contributed by atoms with van der Waals surface area (Å²) in [7, 11) is -1.43. The van der Waals surface area contributed by atoms with E-state index in [0.29, 0.717) is 18.4 Å². The zero-order valence-corrected chi connectivity index (χ0v) is 17.1. The van der Waals surface area contributed by atoms with E-state index in [4.69, 9.17) is 18.3 Å². The van der Waals surface area contributed by atoms with Crippen LogP contribution in [0.3, 0.4) is 0 Å². The van der Waals surface area contributed by atoms with Gasteiger partial charge in [0.15, 0.2) is 6.79 Å². The highest BCUT2D eigenvalue weighted by Crippen LogP contribution is 2.48. The number of hydrogen-bond acceptors (Lipinski definition) is 4. The van der Waals surface area contributed by atoms with Gasteiger partial charge < -0.3 is 9.26 Å². The summed E-state index contributed by atoms with van der Waals surface area (Å²) in [6.45, 7) is 7.33.